The summed E-state index contributed by atoms with van der Waals surface area (Å²) in [5.74, 6) is 0.711. The standard InChI is InChI=1S/C17H20ClNO2/c1-12-16(17(2,3)20-4)14(10-15(18)19-12)21-11-13-8-6-5-7-9-13/h5-10H,11H2,1-4H3. The van der Waals surface area contributed by atoms with Crippen molar-refractivity contribution in [3.05, 3.63) is 58.4 Å². The second kappa shape index (κ2) is 6.46. The van der Waals surface area contributed by atoms with Crippen LogP contribution in [0.1, 0.15) is 30.7 Å². The molecule has 0 radical (unpaired) electrons. The first-order chi connectivity index (χ1) is 9.94. The number of hydrogen-bond donors (Lipinski definition) is 0. The van der Waals surface area contributed by atoms with Crippen molar-refractivity contribution in [3.8, 4) is 5.75 Å². The topological polar surface area (TPSA) is 31.4 Å². The molecule has 3 nitrogen and oxygen atoms in total. The molecule has 1 aromatic carbocycles. The van der Waals surface area contributed by atoms with E-state index in [4.69, 9.17) is 21.1 Å². The molecule has 21 heavy (non-hydrogen) atoms. The van der Waals surface area contributed by atoms with E-state index in [1.807, 2.05) is 51.1 Å². The number of hydrogen-bond acceptors (Lipinski definition) is 3. The minimum absolute atomic E-state index is 0.422. The molecule has 0 amide bonds. The average molecular weight is 306 g/mol. The predicted octanol–water partition coefficient (Wildman–Crippen LogP) is 4.50. The SMILES string of the molecule is COC(C)(C)c1c(OCc2ccccc2)cc(Cl)nc1C. The minimum atomic E-state index is -0.492. The molecule has 0 saturated carbocycles. The van der Waals surface area contributed by atoms with Gasteiger partial charge in [0.15, 0.2) is 0 Å². The van der Waals surface area contributed by atoms with E-state index in [1.54, 1.807) is 13.2 Å². The molecule has 0 N–H and O–H groups in total. The van der Waals surface area contributed by atoms with Crippen LogP contribution in [0.15, 0.2) is 36.4 Å². The summed E-state index contributed by atoms with van der Waals surface area (Å²) in [7, 11) is 1.68. The molecule has 112 valence electrons. The molecule has 0 fully saturated rings. The molecule has 0 saturated heterocycles. The van der Waals surface area contributed by atoms with Crippen LogP contribution in [-0.4, -0.2) is 12.1 Å². The molecule has 2 rings (SSSR count). The maximum Gasteiger partial charge on any atom is 0.133 e. The summed E-state index contributed by atoms with van der Waals surface area (Å²) >= 11 is 6.07. The number of benzene rings is 1. The fraction of sp³-hybridized carbons (Fsp3) is 0.353. The van der Waals surface area contributed by atoms with E-state index in [1.165, 1.54) is 0 Å². The third-order valence-electron chi connectivity index (χ3n) is 3.48. The van der Waals surface area contributed by atoms with Crippen LogP contribution in [0.25, 0.3) is 0 Å². The van der Waals surface area contributed by atoms with E-state index in [9.17, 15) is 0 Å². The van der Waals surface area contributed by atoms with Gasteiger partial charge in [-0.1, -0.05) is 41.9 Å². The van der Waals surface area contributed by atoms with Crippen molar-refractivity contribution in [1.29, 1.82) is 0 Å². The first-order valence-electron chi connectivity index (χ1n) is 6.83. The summed E-state index contributed by atoms with van der Waals surface area (Å²) in [6, 6.07) is 11.8. The van der Waals surface area contributed by atoms with Crippen LogP contribution in [-0.2, 0) is 16.9 Å². The first kappa shape index (κ1) is 15.8. The number of rotatable bonds is 5. The second-order valence-electron chi connectivity index (χ2n) is 5.39. The van der Waals surface area contributed by atoms with Crippen LogP contribution in [0.3, 0.4) is 0 Å². The normalized spacial score (nSPS) is 11.5. The lowest BCUT2D eigenvalue weighted by atomic mass is 9.95. The fourth-order valence-corrected chi connectivity index (χ4v) is 2.52. The van der Waals surface area contributed by atoms with Crippen molar-refractivity contribution in [2.24, 2.45) is 0 Å². The van der Waals surface area contributed by atoms with Gasteiger partial charge in [-0.25, -0.2) is 4.98 Å². The van der Waals surface area contributed by atoms with Gasteiger partial charge in [0.25, 0.3) is 0 Å². The highest BCUT2D eigenvalue weighted by atomic mass is 35.5. The molecule has 0 aliphatic carbocycles. The maximum absolute atomic E-state index is 6.07. The molecule has 0 aliphatic heterocycles. The van der Waals surface area contributed by atoms with Crippen molar-refractivity contribution in [1.82, 2.24) is 4.98 Å². The molecule has 4 heteroatoms. The van der Waals surface area contributed by atoms with E-state index >= 15 is 0 Å². The lowest BCUT2D eigenvalue weighted by Gasteiger charge is -2.27. The van der Waals surface area contributed by atoms with Gasteiger partial charge in [-0.3, -0.25) is 0 Å². The number of halogens is 1. The Kier molecular flexibility index (Phi) is 4.86. The zero-order valence-corrected chi connectivity index (χ0v) is 13.6. The molecule has 1 aromatic heterocycles. The Morgan fingerprint density at radius 3 is 2.48 bits per heavy atom. The molecule has 0 aliphatic rings. The van der Waals surface area contributed by atoms with Crippen molar-refractivity contribution in [2.45, 2.75) is 33.0 Å². The molecule has 0 atom stereocenters. The summed E-state index contributed by atoms with van der Waals surface area (Å²) in [6.45, 7) is 6.37. The molecule has 1 heterocycles. The van der Waals surface area contributed by atoms with Crippen LogP contribution in [0, 0.1) is 6.92 Å². The van der Waals surface area contributed by atoms with E-state index < -0.39 is 5.60 Å². The van der Waals surface area contributed by atoms with Gasteiger partial charge in [-0.2, -0.15) is 0 Å². The summed E-state index contributed by atoms with van der Waals surface area (Å²) in [4.78, 5) is 4.31. The lowest BCUT2D eigenvalue weighted by Crippen LogP contribution is -2.23. The first-order valence-corrected chi connectivity index (χ1v) is 7.21. The van der Waals surface area contributed by atoms with Crippen molar-refractivity contribution < 1.29 is 9.47 Å². The molecule has 2 aromatic rings. The summed E-state index contributed by atoms with van der Waals surface area (Å²) < 4.78 is 11.5. The van der Waals surface area contributed by atoms with Gasteiger partial charge in [0.2, 0.25) is 0 Å². The number of ether oxygens (including phenoxy) is 2. The Morgan fingerprint density at radius 2 is 1.86 bits per heavy atom. The highest BCUT2D eigenvalue weighted by Crippen LogP contribution is 2.36. The summed E-state index contributed by atoms with van der Waals surface area (Å²) in [6.07, 6.45) is 0. The third kappa shape index (κ3) is 3.74. The maximum atomic E-state index is 6.07. The van der Waals surface area contributed by atoms with Crippen LogP contribution in [0.4, 0.5) is 0 Å². The second-order valence-corrected chi connectivity index (χ2v) is 5.78. The van der Waals surface area contributed by atoms with Gasteiger partial charge in [0.1, 0.15) is 17.5 Å². The van der Waals surface area contributed by atoms with Crippen LogP contribution >= 0.6 is 11.6 Å². The molecule has 0 spiro atoms. The number of aryl methyl sites for hydroxylation is 1. The van der Waals surface area contributed by atoms with E-state index in [0.717, 1.165) is 16.8 Å². The number of nitrogens with zero attached hydrogens (tertiary/aromatic N) is 1. The monoisotopic (exact) mass is 305 g/mol. The zero-order valence-electron chi connectivity index (χ0n) is 12.8. The van der Waals surface area contributed by atoms with Crippen molar-refractivity contribution in [3.63, 3.8) is 0 Å². The average Bonchev–Trinajstić information content (AvgIpc) is 2.45. The Bertz CT molecular complexity index is 612. The molecule has 0 bridgehead atoms. The molecule has 0 unspecified atom stereocenters. The minimum Gasteiger partial charge on any atom is -0.488 e. The van der Waals surface area contributed by atoms with Gasteiger partial charge >= 0.3 is 0 Å². The smallest absolute Gasteiger partial charge is 0.133 e. The fourth-order valence-electron chi connectivity index (χ4n) is 2.29. The Labute approximate surface area is 130 Å². The summed E-state index contributed by atoms with van der Waals surface area (Å²) in [5, 5.41) is 0.422. The Balaban J connectivity index is 2.33. The molecular formula is C17H20ClNO2. The van der Waals surface area contributed by atoms with Crippen LogP contribution in [0.5, 0.6) is 5.75 Å². The predicted molar refractivity (Wildman–Crippen MR) is 84.8 cm³/mol. The zero-order chi connectivity index (χ0) is 15.5. The number of methoxy groups -OCH3 is 1. The number of aromatic nitrogens is 1. The number of pyridine rings is 1. The van der Waals surface area contributed by atoms with Gasteiger partial charge in [0, 0.05) is 24.4 Å². The van der Waals surface area contributed by atoms with Crippen LogP contribution < -0.4 is 4.74 Å². The Hall–Kier alpha value is -1.58. The summed E-state index contributed by atoms with van der Waals surface area (Å²) in [5.41, 5.74) is 2.35. The van der Waals surface area contributed by atoms with Crippen molar-refractivity contribution in [2.75, 3.05) is 7.11 Å². The van der Waals surface area contributed by atoms with E-state index in [2.05, 4.69) is 4.98 Å². The van der Waals surface area contributed by atoms with Crippen LogP contribution in [0.2, 0.25) is 5.15 Å². The van der Waals surface area contributed by atoms with Gasteiger partial charge < -0.3 is 9.47 Å². The van der Waals surface area contributed by atoms with Gasteiger partial charge in [-0.15, -0.1) is 0 Å². The van der Waals surface area contributed by atoms with Gasteiger partial charge in [-0.05, 0) is 26.3 Å². The largest absolute Gasteiger partial charge is 0.488 e. The van der Waals surface area contributed by atoms with Crippen molar-refractivity contribution >= 4 is 11.6 Å². The third-order valence-corrected chi connectivity index (χ3v) is 3.68. The lowest BCUT2D eigenvalue weighted by molar-refractivity contribution is 0.0157. The Morgan fingerprint density at radius 1 is 1.19 bits per heavy atom. The molecular weight excluding hydrogens is 286 g/mol. The van der Waals surface area contributed by atoms with E-state index in [-0.39, 0.29) is 0 Å². The highest BCUT2D eigenvalue weighted by Gasteiger charge is 2.27. The van der Waals surface area contributed by atoms with E-state index in [0.29, 0.717) is 17.5 Å². The quantitative estimate of drug-likeness (QED) is 0.762. The highest BCUT2D eigenvalue weighted by molar-refractivity contribution is 6.29. The van der Waals surface area contributed by atoms with Gasteiger partial charge in [0.05, 0.1) is 5.60 Å².